The van der Waals surface area contributed by atoms with E-state index >= 15 is 0 Å². The molecule has 2 rings (SSSR count). The lowest BCUT2D eigenvalue weighted by molar-refractivity contribution is 0.331. The second-order valence-electron chi connectivity index (χ2n) is 5.13. The number of benzene rings is 2. The molecule has 0 unspecified atom stereocenters. The smallest absolute Gasteiger partial charge is 0.265 e. The summed E-state index contributed by atoms with van der Waals surface area (Å²) in [6.45, 7) is 2.09. The Morgan fingerprint density at radius 3 is 2.28 bits per heavy atom. The van der Waals surface area contributed by atoms with E-state index in [1.54, 1.807) is 19.1 Å². The minimum absolute atomic E-state index is 0.00247. The van der Waals surface area contributed by atoms with Crippen molar-refractivity contribution in [2.75, 3.05) is 11.3 Å². The van der Waals surface area contributed by atoms with Crippen LogP contribution in [0.25, 0.3) is 0 Å². The summed E-state index contributed by atoms with van der Waals surface area (Å²) in [6, 6.07) is 10.6. The van der Waals surface area contributed by atoms with Gasteiger partial charge in [-0.3, -0.25) is 4.72 Å². The summed E-state index contributed by atoms with van der Waals surface area (Å²) in [5.74, 6) is -0.0794. The predicted octanol–water partition coefficient (Wildman–Crippen LogP) is 2.44. The molecular formula is C15H17BrN2O5S2. The molecule has 0 fully saturated rings. The maximum Gasteiger partial charge on any atom is 0.265 e. The molecule has 0 saturated heterocycles. The van der Waals surface area contributed by atoms with E-state index in [2.05, 4.69) is 20.7 Å². The van der Waals surface area contributed by atoms with Crippen LogP contribution >= 0.6 is 15.9 Å². The van der Waals surface area contributed by atoms with Crippen molar-refractivity contribution in [3.63, 3.8) is 0 Å². The fraction of sp³-hybridized carbons (Fsp3) is 0.200. The molecule has 136 valence electrons. The van der Waals surface area contributed by atoms with Crippen molar-refractivity contribution in [3.05, 3.63) is 52.5 Å². The van der Waals surface area contributed by atoms with E-state index in [1.807, 2.05) is 0 Å². The summed E-state index contributed by atoms with van der Waals surface area (Å²) in [4.78, 5) is -0.00247. The summed E-state index contributed by atoms with van der Waals surface area (Å²) < 4.78 is 55.8. The Morgan fingerprint density at radius 1 is 1.08 bits per heavy atom. The lowest BCUT2D eigenvalue weighted by atomic mass is 10.2. The van der Waals surface area contributed by atoms with Crippen molar-refractivity contribution >= 4 is 41.7 Å². The van der Waals surface area contributed by atoms with E-state index in [-0.39, 0.29) is 16.4 Å². The lowest BCUT2D eigenvalue weighted by Gasteiger charge is -2.13. The maximum atomic E-state index is 12.6. The molecule has 25 heavy (non-hydrogen) atoms. The van der Waals surface area contributed by atoms with E-state index < -0.39 is 20.0 Å². The third kappa shape index (κ3) is 5.70. The molecule has 2 aromatic rings. The fourth-order valence-electron chi connectivity index (χ4n) is 2.08. The summed E-state index contributed by atoms with van der Waals surface area (Å²) >= 11 is 3.25. The van der Waals surface area contributed by atoms with Gasteiger partial charge in [0.15, 0.2) is 0 Å². The Kier molecular flexibility index (Phi) is 6.09. The normalized spacial score (nSPS) is 12.0. The van der Waals surface area contributed by atoms with Crippen LogP contribution in [0.1, 0.15) is 12.5 Å². The van der Waals surface area contributed by atoms with Crippen LogP contribution in [0.5, 0.6) is 5.75 Å². The van der Waals surface area contributed by atoms with Crippen molar-refractivity contribution in [1.29, 1.82) is 0 Å². The number of nitrogens with two attached hydrogens (primary N) is 1. The third-order valence-electron chi connectivity index (χ3n) is 3.07. The number of sulfonamides is 2. The topological polar surface area (TPSA) is 116 Å². The minimum atomic E-state index is -3.88. The highest BCUT2D eigenvalue weighted by molar-refractivity contribution is 9.10. The van der Waals surface area contributed by atoms with Gasteiger partial charge in [-0.1, -0.05) is 28.1 Å². The van der Waals surface area contributed by atoms with Crippen LogP contribution < -0.4 is 14.6 Å². The molecule has 0 saturated carbocycles. The Morgan fingerprint density at radius 2 is 1.72 bits per heavy atom. The van der Waals surface area contributed by atoms with Crippen LogP contribution in [0, 0.1) is 0 Å². The monoisotopic (exact) mass is 448 g/mol. The summed E-state index contributed by atoms with van der Waals surface area (Å²) in [6.07, 6.45) is 0. The largest absolute Gasteiger partial charge is 0.492 e. The van der Waals surface area contributed by atoms with Gasteiger partial charge in [-0.25, -0.2) is 22.0 Å². The molecule has 0 aromatic heterocycles. The first kappa shape index (κ1) is 19.7. The summed E-state index contributed by atoms with van der Waals surface area (Å²) in [5.41, 5.74) is 0.753. The van der Waals surface area contributed by atoms with Crippen molar-refractivity contribution in [2.24, 2.45) is 5.14 Å². The number of ether oxygens (including phenoxy) is 1. The average Bonchev–Trinajstić information content (AvgIpc) is 2.49. The summed E-state index contributed by atoms with van der Waals surface area (Å²) in [7, 11) is -7.53. The molecular weight excluding hydrogens is 432 g/mol. The van der Waals surface area contributed by atoms with E-state index in [4.69, 9.17) is 9.88 Å². The first-order chi connectivity index (χ1) is 11.6. The SMILES string of the molecule is CCOc1ccc(Br)cc1S(=O)(=O)Nc1ccc(CS(N)(=O)=O)cc1. The Bertz CT molecular complexity index is 958. The Hall–Kier alpha value is -1.62. The highest BCUT2D eigenvalue weighted by Gasteiger charge is 2.20. The van der Waals surface area contributed by atoms with Crippen LogP contribution in [0.2, 0.25) is 0 Å². The third-order valence-corrected chi connectivity index (χ3v) is 5.70. The van der Waals surface area contributed by atoms with E-state index in [9.17, 15) is 16.8 Å². The first-order valence-corrected chi connectivity index (χ1v) is 11.1. The standard InChI is InChI=1S/C15H17BrN2O5S2/c1-2-23-14-8-5-12(16)9-15(14)25(21,22)18-13-6-3-11(4-7-13)10-24(17,19)20/h3-9,18H,2,10H2,1H3,(H2,17,19,20). The molecule has 10 heteroatoms. The molecule has 0 radical (unpaired) electrons. The van der Waals surface area contributed by atoms with Crippen molar-refractivity contribution < 1.29 is 21.6 Å². The van der Waals surface area contributed by atoms with Gasteiger partial charge in [-0.05, 0) is 42.8 Å². The molecule has 3 N–H and O–H groups in total. The number of halogens is 1. The highest BCUT2D eigenvalue weighted by atomic mass is 79.9. The van der Waals surface area contributed by atoms with Gasteiger partial charge < -0.3 is 4.74 Å². The second kappa shape index (κ2) is 7.73. The molecule has 0 heterocycles. The number of nitrogens with one attached hydrogen (secondary N) is 1. The number of anilines is 1. The average molecular weight is 449 g/mol. The first-order valence-electron chi connectivity index (χ1n) is 7.15. The van der Waals surface area contributed by atoms with Gasteiger partial charge in [0.25, 0.3) is 10.0 Å². The molecule has 7 nitrogen and oxygen atoms in total. The van der Waals surface area contributed by atoms with Gasteiger partial charge in [0.2, 0.25) is 10.0 Å². The molecule has 0 atom stereocenters. The molecule has 2 aromatic carbocycles. The molecule has 0 spiro atoms. The fourth-order valence-corrected chi connectivity index (χ4v) is 4.48. The lowest BCUT2D eigenvalue weighted by Crippen LogP contribution is -2.15. The van der Waals surface area contributed by atoms with E-state index in [0.29, 0.717) is 22.3 Å². The maximum absolute atomic E-state index is 12.6. The molecule has 0 amide bonds. The predicted molar refractivity (Wildman–Crippen MR) is 99.4 cm³/mol. The number of rotatable bonds is 7. The van der Waals surface area contributed by atoms with Crippen LogP contribution in [0.15, 0.2) is 51.8 Å². The van der Waals surface area contributed by atoms with Crippen molar-refractivity contribution in [3.8, 4) is 5.75 Å². The number of hydrogen-bond acceptors (Lipinski definition) is 5. The van der Waals surface area contributed by atoms with Gasteiger partial charge in [-0.15, -0.1) is 0 Å². The van der Waals surface area contributed by atoms with Gasteiger partial charge in [-0.2, -0.15) is 0 Å². The van der Waals surface area contributed by atoms with Crippen LogP contribution in [-0.4, -0.2) is 23.4 Å². The Balaban J connectivity index is 2.29. The quantitative estimate of drug-likeness (QED) is 0.674. The zero-order valence-corrected chi connectivity index (χ0v) is 16.5. The van der Waals surface area contributed by atoms with E-state index in [0.717, 1.165) is 0 Å². The van der Waals surface area contributed by atoms with Gasteiger partial charge in [0.1, 0.15) is 10.6 Å². The number of primary sulfonamides is 1. The summed E-state index contributed by atoms with van der Waals surface area (Å²) in [5, 5.41) is 4.98. The van der Waals surface area contributed by atoms with E-state index in [1.165, 1.54) is 30.3 Å². The highest BCUT2D eigenvalue weighted by Crippen LogP contribution is 2.29. The number of hydrogen-bond donors (Lipinski definition) is 2. The van der Waals surface area contributed by atoms with Crippen LogP contribution in [0.4, 0.5) is 5.69 Å². The van der Waals surface area contributed by atoms with Crippen LogP contribution in [-0.2, 0) is 25.8 Å². The van der Waals surface area contributed by atoms with Gasteiger partial charge >= 0.3 is 0 Å². The van der Waals surface area contributed by atoms with Gasteiger partial charge in [0, 0.05) is 10.2 Å². The minimum Gasteiger partial charge on any atom is -0.492 e. The second-order valence-corrected chi connectivity index (χ2v) is 9.31. The Labute approximate surface area is 155 Å². The molecule has 0 aliphatic heterocycles. The van der Waals surface area contributed by atoms with Crippen LogP contribution in [0.3, 0.4) is 0 Å². The van der Waals surface area contributed by atoms with Crippen molar-refractivity contribution in [2.45, 2.75) is 17.6 Å². The molecule has 0 aliphatic carbocycles. The van der Waals surface area contributed by atoms with Gasteiger partial charge in [0.05, 0.1) is 12.4 Å². The molecule has 0 bridgehead atoms. The zero-order valence-electron chi connectivity index (χ0n) is 13.3. The zero-order chi connectivity index (χ0) is 18.7. The molecule has 0 aliphatic rings. The van der Waals surface area contributed by atoms with Crippen molar-refractivity contribution in [1.82, 2.24) is 0 Å².